The number of fused-ring (bicyclic) bond motifs is 1. The van der Waals surface area contributed by atoms with Crippen LogP contribution in [0.2, 0.25) is 0 Å². The molecule has 10 nitrogen and oxygen atoms in total. The summed E-state index contributed by atoms with van der Waals surface area (Å²) in [5.74, 6) is 1.84. The summed E-state index contributed by atoms with van der Waals surface area (Å²) in [6.07, 6.45) is 11.3. The third-order valence-electron chi connectivity index (χ3n) is 8.16. The van der Waals surface area contributed by atoms with E-state index in [1.165, 1.54) is 25.7 Å². The molecule has 4 fully saturated rings. The topological polar surface area (TPSA) is 125 Å². The van der Waals surface area contributed by atoms with Crippen molar-refractivity contribution in [2.45, 2.75) is 96.1 Å². The highest BCUT2D eigenvalue weighted by molar-refractivity contribution is 5.79. The van der Waals surface area contributed by atoms with Gasteiger partial charge in [-0.1, -0.05) is 19.3 Å². The number of hydrogen-bond acceptors (Lipinski definition) is 8. The zero-order valence-electron chi connectivity index (χ0n) is 21.3. The number of rotatable bonds is 12. The first-order valence-corrected chi connectivity index (χ1v) is 13.9. The van der Waals surface area contributed by atoms with E-state index in [1.807, 2.05) is 6.92 Å². The summed E-state index contributed by atoms with van der Waals surface area (Å²) in [4.78, 5) is 30.1. The number of hydrazine groups is 1. The van der Waals surface area contributed by atoms with Crippen molar-refractivity contribution in [2.75, 3.05) is 26.3 Å². The Kier molecular flexibility index (Phi) is 10.6. The average Bonchev–Trinajstić information content (AvgIpc) is 3.37. The van der Waals surface area contributed by atoms with Crippen LogP contribution >= 0.6 is 0 Å². The van der Waals surface area contributed by atoms with Gasteiger partial charge in [0.15, 0.2) is 0 Å². The lowest BCUT2D eigenvalue weighted by Crippen LogP contribution is -2.64. The second-order valence-corrected chi connectivity index (χ2v) is 10.7. The molecule has 2 amide bonds. The Morgan fingerprint density at radius 1 is 1.14 bits per heavy atom. The molecule has 0 aromatic heterocycles. The normalized spacial score (nSPS) is 35.3. The maximum atomic E-state index is 12.3. The first kappa shape index (κ1) is 26.8. The molecule has 4 aliphatic rings. The molecule has 2 aliphatic carbocycles. The first-order chi connectivity index (χ1) is 17.1. The van der Waals surface area contributed by atoms with Crippen LogP contribution in [0.3, 0.4) is 0 Å². The van der Waals surface area contributed by atoms with Crippen molar-refractivity contribution in [3.63, 3.8) is 0 Å². The molecule has 4 rings (SSSR count). The maximum absolute atomic E-state index is 12.3. The molecule has 2 saturated carbocycles. The minimum Gasteiger partial charge on any atom is -0.381 e. The van der Waals surface area contributed by atoms with Gasteiger partial charge in [-0.2, -0.15) is 5.48 Å². The predicted octanol–water partition coefficient (Wildman–Crippen LogP) is 1.25. The van der Waals surface area contributed by atoms with Gasteiger partial charge in [-0.3, -0.25) is 25.2 Å². The monoisotopic (exact) mass is 494 g/mol. The van der Waals surface area contributed by atoms with E-state index in [-0.39, 0.29) is 36.3 Å². The Bertz CT molecular complexity index is 682. The highest BCUT2D eigenvalue weighted by Crippen LogP contribution is 2.34. The zero-order valence-corrected chi connectivity index (χ0v) is 21.3. The molecule has 2 saturated heterocycles. The first-order valence-electron chi connectivity index (χ1n) is 13.9. The minimum atomic E-state index is -0.129. The maximum Gasteiger partial charge on any atom is 0.237 e. The fraction of sp³-hybridized carbons (Fsp3) is 0.920. The van der Waals surface area contributed by atoms with E-state index in [2.05, 4.69) is 32.3 Å². The van der Waals surface area contributed by atoms with Crippen LogP contribution in [0, 0.1) is 23.7 Å². The molecule has 200 valence electrons. The quantitative estimate of drug-likeness (QED) is 0.224. The van der Waals surface area contributed by atoms with Gasteiger partial charge in [-0.25, -0.2) is 5.43 Å². The van der Waals surface area contributed by atoms with Crippen molar-refractivity contribution in [1.82, 2.24) is 32.3 Å². The molecule has 0 spiro atoms. The Labute approximate surface area is 209 Å². The van der Waals surface area contributed by atoms with Crippen LogP contribution in [-0.2, 0) is 19.2 Å². The van der Waals surface area contributed by atoms with Crippen molar-refractivity contribution in [2.24, 2.45) is 23.7 Å². The van der Waals surface area contributed by atoms with Crippen LogP contribution in [0.15, 0.2) is 0 Å². The van der Waals surface area contributed by atoms with E-state index in [4.69, 9.17) is 9.57 Å². The summed E-state index contributed by atoms with van der Waals surface area (Å²) in [5.41, 5.74) is 9.11. The highest BCUT2D eigenvalue weighted by Gasteiger charge is 2.39. The van der Waals surface area contributed by atoms with Crippen LogP contribution in [0.1, 0.15) is 77.6 Å². The summed E-state index contributed by atoms with van der Waals surface area (Å²) in [7, 11) is 0. The van der Waals surface area contributed by atoms with Crippen molar-refractivity contribution in [1.29, 1.82) is 0 Å². The Balaban J connectivity index is 1.05. The second kappa shape index (κ2) is 13.9. The molecule has 2 heterocycles. The number of hydroxylamine groups is 1. The lowest BCUT2D eigenvalue weighted by Gasteiger charge is -2.41. The summed E-state index contributed by atoms with van der Waals surface area (Å²) >= 11 is 0. The molecular formula is C25H46N6O4. The number of nitrogens with one attached hydrogen (secondary N) is 6. The van der Waals surface area contributed by atoms with Crippen LogP contribution < -0.4 is 32.3 Å². The molecule has 2 aliphatic heterocycles. The molecule has 7 unspecified atom stereocenters. The smallest absolute Gasteiger partial charge is 0.237 e. The van der Waals surface area contributed by atoms with Crippen molar-refractivity contribution in [3.05, 3.63) is 0 Å². The van der Waals surface area contributed by atoms with Gasteiger partial charge in [0.2, 0.25) is 11.8 Å². The van der Waals surface area contributed by atoms with Gasteiger partial charge in [-0.05, 0) is 70.3 Å². The number of carbonyl (C=O) groups is 2. The third kappa shape index (κ3) is 7.84. The zero-order chi connectivity index (χ0) is 24.5. The molecule has 0 radical (unpaired) electrons. The summed E-state index contributed by atoms with van der Waals surface area (Å²) in [6, 6.07) is 0. The van der Waals surface area contributed by atoms with E-state index >= 15 is 0 Å². The molecule has 6 N–H and O–H groups in total. The summed E-state index contributed by atoms with van der Waals surface area (Å²) < 4.78 is 5.63. The number of carbonyl (C=O) groups excluding carboxylic acids is 2. The number of hydrogen-bond donors (Lipinski definition) is 6. The van der Waals surface area contributed by atoms with Gasteiger partial charge < -0.3 is 15.4 Å². The van der Waals surface area contributed by atoms with Crippen LogP contribution in [0.4, 0.5) is 0 Å². The molecule has 0 aromatic carbocycles. The molecule has 0 aromatic rings. The highest BCUT2D eigenvalue weighted by atomic mass is 16.7. The number of ether oxygens (including phenoxy) is 1. The summed E-state index contributed by atoms with van der Waals surface area (Å²) in [5, 5.41) is 10.1. The van der Waals surface area contributed by atoms with Crippen molar-refractivity contribution >= 4 is 11.8 Å². The van der Waals surface area contributed by atoms with Gasteiger partial charge in [0.25, 0.3) is 0 Å². The fourth-order valence-electron chi connectivity index (χ4n) is 6.23. The lowest BCUT2D eigenvalue weighted by atomic mass is 9.76. The molecule has 0 bridgehead atoms. The van der Waals surface area contributed by atoms with Gasteiger partial charge in [0, 0.05) is 38.0 Å². The van der Waals surface area contributed by atoms with E-state index in [0.717, 1.165) is 51.9 Å². The molecule has 10 heteroatoms. The molecule has 7 atom stereocenters. The van der Waals surface area contributed by atoms with Gasteiger partial charge in [0.1, 0.15) is 6.23 Å². The predicted molar refractivity (Wildman–Crippen MR) is 132 cm³/mol. The van der Waals surface area contributed by atoms with E-state index in [1.54, 1.807) is 0 Å². The largest absolute Gasteiger partial charge is 0.381 e. The molecular weight excluding hydrogens is 448 g/mol. The van der Waals surface area contributed by atoms with Crippen molar-refractivity contribution < 1.29 is 19.2 Å². The SMILES string of the molecule is CCOCC1CCCC(C2NOC(CCC(=O)NCCCNC3NNC(=O)C4CCCCC34)N2)C1. The Morgan fingerprint density at radius 2 is 2.03 bits per heavy atom. The average molecular weight is 495 g/mol. The number of amides is 2. The van der Waals surface area contributed by atoms with Crippen LogP contribution in [0.25, 0.3) is 0 Å². The van der Waals surface area contributed by atoms with Gasteiger partial charge >= 0.3 is 0 Å². The standard InChI is InChI=1S/C25H46N6O4/c1-2-34-16-17-7-5-8-18(15-17)23-28-22(35-31-23)12-11-21(32)26-13-6-14-27-24-19-9-3-4-10-20(19)25(33)30-29-24/h17-20,22-24,27-29,31H,2-16H2,1H3,(H,26,32)(H,30,33). The fourth-order valence-corrected chi connectivity index (χ4v) is 6.23. The van der Waals surface area contributed by atoms with Gasteiger partial charge in [0.05, 0.1) is 12.3 Å². The minimum absolute atomic E-state index is 0.0590. The Hall–Kier alpha value is -1.30. The van der Waals surface area contributed by atoms with Gasteiger partial charge in [-0.15, -0.1) is 0 Å². The Morgan fingerprint density at radius 3 is 2.91 bits per heavy atom. The second-order valence-electron chi connectivity index (χ2n) is 10.7. The third-order valence-corrected chi connectivity index (χ3v) is 8.16. The van der Waals surface area contributed by atoms with Crippen LogP contribution in [-0.4, -0.2) is 56.7 Å². The summed E-state index contributed by atoms with van der Waals surface area (Å²) in [6.45, 7) is 5.12. The van der Waals surface area contributed by atoms with E-state index < -0.39 is 0 Å². The molecule has 35 heavy (non-hydrogen) atoms. The van der Waals surface area contributed by atoms with E-state index in [0.29, 0.717) is 37.1 Å². The van der Waals surface area contributed by atoms with E-state index in [9.17, 15) is 9.59 Å². The van der Waals surface area contributed by atoms with Crippen LogP contribution in [0.5, 0.6) is 0 Å². The lowest BCUT2D eigenvalue weighted by molar-refractivity contribution is -0.134. The van der Waals surface area contributed by atoms with Crippen molar-refractivity contribution in [3.8, 4) is 0 Å².